The van der Waals surface area contributed by atoms with Crippen LogP contribution in [0.4, 0.5) is 0 Å². The van der Waals surface area contributed by atoms with E-state index < -0.39 is 21.0 Å². The number of nitrogens with zero attached hydrogens (tertiary/aromatic N) is 2. The molecule has 0 aromatic carbocycles. The third-order valence-corrected chi connectivity index (χ3v) is 6.16. The van der Waals surface area contributed by atoms with Crippen molar-refractivity contribution in [3.63, 3.8) is 0 Å². The van der Waals surface area contributed by atoms with Crippen molar-refractivity contribution in [2.24, 2.45) is 0 Å². The Balaban J connectivity index is 2.42. The number of carboxylic acid groups (broad SMARTS) is 1. The van der Waals surface area contributed by atoms with Gasteiger partial charge in [-0.3, -0.25) is 5.10 Å². The van der Waals surface area contributed by atoms with Gasteiger partial charge in [-0.2, -0.15) is 21.2 Å². The average Bonchev–Trinajstić information content (AvgIpc) is 2.96. The van der Waals surface area contributed by atoms with Gasteiger partial charge in [0.25, 0.3) is 10.0 Å². The van der Waals surface area contributed by atoms with E-state index in [-0.39, 0.29) is 17.3 Å². The summed E-state index contributed by atoms with van der Waals surface area (Å²) in [5, 5.41) is 14.8. The average molecular weight is 305 g/mol. The minimum atomic E-state index is -3.88. The van der Waals surface area contributed by atoms with E-state index in [4.69, 9.17) is 5.11 Å². The molecule has 0 radical (unpaired) electrons. The van der Waals surface area contributed by atoms with E-state index in [2.05, 4.69) is 10.2 Å². The molecular formula is C10H15N3O4S2. The Labute approximate surface area is 115 Å². The summed E-state index contributed by atoms with van der Waals surface area (Å²) in [5.41, 5.74) is -0.0437. The van der Waals surface area contributed by atoms with Crippen LogP contribution in [0.2, 0.25) is 0 Å². The van der Waals surface area contributed by atoms with Crippen molar-refractivity contribution in [2.45, 2.75) is 24.4 Å². The molecule has 1 unspecified atom stereocenters. The lowest BCUT2D eigenvalue weighted by Crippen LogP contribution is -2.37. The predicted octanol–water partition coefficient (Wildman–Crippen LogP) is 0.542. The zero-order chi connectivity index (χ0) is 14.2. The standard InChI is InChI=1S/C10H15N3O4S2/c1-6-8(10(14)15)9(12-11-6)19(16,17)13(2)7-3-4-18-5-7/h7H,3-5H2,1-2H3,(H,11,12)(H,14,15). The molecule has 106 valence electrons. The highest BCUT2D eigenvalue weighted by molar-refractivity contribution is 7.99. The number of carbonyl (C=O) groups is 1. The number of thioether (sulfide) groups is 1. The van der Waals surface area contributed by atoms with Crippen molar-refractivity contribution in [3.8, 4) is 0 Å². The number of H-pyrrole nitrogens is 1. The Morgan fingerprint density at radius 3 is 2.79 bits per heavy atom. The van der Waals surface area contributed by atoms with E-state index in [1.807, 2.05) is 0 Å². The third kappa shape index (κ3) is 2.49. The maximum absolute atomic E-state index is 12.4. The fourth-order valence-corrected chi connectivity index (χ4v) is 4.85. The molecule has 0 saturated carbocycles. The van der Waals surface area contributed by atoms with Gasteiger partial charge in [-0.05, 0) is 19.1 Å². The second-order valence-electron chi connectivity index (χ2n) is 4.37. The molecule has 1 aliphatic heterocycles. The quantitative estimate of drug-likeness (QED) is 0.841. The van der Waals surface area contributed by atoms with E-state index in [1.165, 1.54) is 18.3 Å². The van der Waals surface area contributed by atoms with Crippen molar-refractivity contribution in [2.75, 3.05) is 18.6 Å². The minimum absolute atomic E-state index is 0.103. The maximum Gasteiger partial charge on any atom is 0.340 e. The smallest absolute Gasteiger partial charge is 0.340 e. The molecule has 7 nitrogen and oxygen atoms in total. The van der Waals surface area contributed by atoms with Crippen LogP contribution < -0.4 is 0 Å². The molecule has 2 heterocycles. The largest absolute Gasteiger partial charge is 0.478 e. The molecule has 1 saturated heterocycles. The van der Waals surface area contributed by atoms with Gasteiger partial charge >= 0.3 is 5.97 Å². The van der Waals surface area contributed by atoms with Crippen molar-refractivity contribution >= 4 is 27.8 Å². The van der Waals surface area contributed by atoms with Crippen LogP contribution in [0.15, 0.2) is 5.03 Å². The molecule has 0 bridgehead atoms. The molecule has 0 amide bonds. The molecule has 2 N–H and O–H groups in total. The summed E-state index contributed by atoms with van der Waals surface area (Å²) in [6.45, 7) is 1.49. The number of aromatic nitrogens is 2. The third-order valence-electron chi connectivity index (χ3n) is 3.17. The molecule has 1 fully saturated rings. The summed E-state index contributed by atoms with van der Waals surface area (Å²) in [7, 11) is -2.41. The van der Waals surface area contributed by atoms with Crippen LogP contribution in [0.1, 0.15) is 22.5 Å². The summed E-state index contributed by atoms with van der Waals surface area (Å²) in [6.07, 6.45) is 0.770. The predicted molar refractivity (Wildman–Crippen MR) is 71.0 cm³/mol. The molecule has 1 atom stereocenters. The van der Waals surface area contributed by atoms with Gasteiger partial charge in [-0.25, -0.2) is 13.2 Å². The number of sulfonamides is 1. The molecule has 1 aromatic rings. The number of aromatic amines is 1. The van der Waals surface area contributed by atoms with E-state index in [9.17, 15) is 13.2 Å². The van der Waals surface area contributed by atoms with Crippen molar-refractivity contribution in [3.05, 3.63) is 11.3 Å². The van der Waals surface area contributed by atoms with Gasteiger partial charge in [0.2, 0.25) is 5.03 Å². The number of aryl methyl sites for hydroxylation is 1. The first-order valence-corrected chi connectivity index (χ1v) is 8.29. The number of hydrogen-bond donors (Lipinski definition) is 2. The molecular weight excluding hydrogens is 290 g/mol. The van der Waals surface area contributed by atoms with Crippen molar-refractivity contribution < 1.29 is 18.3 Å². The van der Waals surface area contributed by atoms with Gasteiger partial charge in [0.05, 0.1) is 0 Å². The van der Waals surface area contributed by atoms with Crippen LogP contribution in [0.25, 0.3) is 0 Å². The van der Waals surface area contributed by atoms with Crippen molar-refractivity contribution in [1.29, 1.82) is 0 Å². The molecule has 1 aromatic heterocycles. The van der Waals surface area contributed by atoms with Gasteiger partial charge in [0.15, 0.2) is 0 Å². The molecule has 0 aliphatic carbocycles. The van der Waals surface area contributed by atoms with Crippen LogP contribution in [-0.4, -0.2) is 58.6 Å². The maximum atomic E-state index is 12.4. The summed E-state index contributed by atoms with van der Waals surface area (Å²) >= 11 is 1.69. The topological polar surface area (TPSA) is 103 Å². The van der Waals surface area contributed by atoms with Gasteiger partial charge in [0, 0.05) is 24.5 Å². The highest BCUT2D eigenvalue weighted by Crippen LogP contribution is 2.27. The number of aromatic carboxylic acids is 1. The van der Waals surface area contributed by atoms with E-state index in [0.29, 0.717) is 0 Å². The molecule has 2 rings (SSSR count). The molecule has 19 heavy (non-hydrogen) atoms. The number of nitrogens with one attached hydrogen (secondary N) is 1. The van der Waals surface area contributed by atoms with Gasteiger partial charge in [-0.15, -0.1) is 0 Å². The van der Waals surface area contributed by atoms with Gasteiger partial charge in [0.1, 0.15) is 5.56 Å². The normalized spacial score (nSPS) is 20.1. The van der Waals surface area contributed by atoms with Crippen LogP contribution in [-0.2, 0) is 10.0 Å². The van der Waals surface area contributed by atoms with Crippen LogP contribution in [0.5, 0.6) is 0 Å². The zero-order valence-electron chi connectivity index (χ0n) is 10.6. The minimum Gasteiger partial charge on any atom is -0.478 e. The Hall–Kier alpha value is -1.06. The summed E-state index contributed by atoms with van der Waals surface area (Å²) in [6, 6.07) is -0.103. The summed E-state index contributed by atoms with van der Waals surface area (Å²) in [4.78, 5) is 11.1. The monoisotopic (exact) mass is 305 g/mol. The summed E-state index contributed by atoms with van der Waals surface area (Å²) in [5.74, 6) is 0.344. The second kappa shape index (κ2) is 5.14. The number of carboxylic acids is 1. The summed E-state index contributed by atoms with van der Waals surface area (Å²) < 4.78 is 26.1. The first-order valence-electron chi connectivity index (χ1n) is 5.69. The van der Waals surface area contributed by atoms with Gasteiger partial charge in [-0.1, -0.05) is 0 Å². The molecule has 1 aliphatic rings. The zero-order valence-corrected chi connectivity index (χ0v) is 12.2. The Morgan fingerprint density at radius 2 is 2.26 bits per heavy atom. The van der Waals surface area contributed by atoms with Crippen LogP contribution in [0, 0.1) is 6.92 Å². The Bertz CT molecular complexity index is 590. The first-order chi connectivity index (χ1) is 8.85. The van der Waals surface area contributed by atoms with Crippen molar-refractivity contribution in [1.82, 2.24) is 14.5 Å². The Morgan fingerprint density at radius 1 is 1.58 bits per heavy atom. The van der Waals surface area contributed by atoms with E-state index in [0.717, 1.165) is 17.9 Å². The number of rotatable bonds is 4. The highest BCUT2D eigenvalue weighted by atomic mass is 32.2. The SMILES string of the molecule is Cc1[nH]nc(S(=O)(=O)N(C)C2CCSC2)c1C(=O)O. The van der Waals surface area contributed by atoms with Crippen LogP contribution >= 0.6 is 11.8 Å². The molecule has 0 spiro atoms. The van der Waals surface area contributed by atoms with Crippen LogP contribution in [0.3, 0.4) is 0 Å². The lowest BCUT2D eigenvalue weighted by Gasteiger charge is -2.22. The second-order valence-corrected chi connectivity index (χ2v) is 7.44. The molecule has 9 heteroatoms. The van der Waals surface area contributed by atoms with E-state index in [1.54, 1.807) is 11.8 Å². The highest BCUT2D eigenvalue weighted by Gasteiger charge is 2.35. The lowest BCUT2D eigenvalue weighted by atomic mass is 10.3. The first kappa shape index (κ1) is 14.4. The fraction of sp³-hybridized carbons (Fsp3) is 0.600. The number of hydrogen-bond acceptors (Lipinski definition) is 5. The fourth-order valence-electron chi connectivity index (χ4n) is 1.99. The Kier molecular flexibility index (Phi) is 3.88. The van der Waals surface area contributed by atoms with E-state index >= 15 is 0 Å². The van der Waals surface area contributed by atoms with Gasteiger partial charge < -0.3 is 5.11 Å². The lowest BCUT2D eigenvalue weighted by molar-refractivity contribution is 0.0691.